The van der Waals surface area contributed by atoms with Crippen LogP contribution in [0.3, 0.4) is 0 Å². The van der Waals surface area contributed by atoms with Crippen LogP contribution in [0, 0.1) is 0 Å². The van der Waals surface area contributed by atoms with Crippen LogP contribution in [0.1, 0.15) is 46.0 Å². The lowest BCUT2D eigenvalue weighted by Crippen LogP contribution is -2.49. The van der Waals surface area contributed by atoms with Crippen molar-refractivity contribution < 1.29 is 19.4 Å². The van der Waals surface area contributed by atoms with Gasteiger partial charge in [0.15, 0.2) is 6.10 Å². The van der Waals surface area contributed by atoms with Crippen LogP contribution in [0.2, 0.25) is 0 Å². The molecule has 1 atom stereocenters. The Hall–Kier alpha value is -2.24. The maximum Gasteiger partial charge on any atom is 0.260 e. The monoisotopic (exact) mass is 348 g/mol. The second-order valence-electron chi connectivity index (χ2n) is 6.52. The topological polar surface area (TPSA) is 78.9 Å². The number of phenols is 1. The summed E-state index contributed by atoms with van der Waals surface area (Å²) in [5, 5.41) is 12.3. The second kappa shape index (κ2) is 9.30. The predicted molar refractivity (Wildman–Crippen MR) is 95.5 cm³/mol. The standard InChI is InChI=1S/C19H28N2O4/c1-3-4-5-18(23)21-12-10-15(11-13-21)20-19(24)14(2)25-17-8-6-16(22)7-9-17/h6-9,14-15,22H,3-5,10-13H2,1-2H3,(H,20,24). The molecule has 1 unspecified atom stereocenters. The van der Waals surface area contributed by atoms with E-state index >= 15 is 0 Å². The quantitative estimate of drug-likeness (QED) is 0.793. The third kappa shape index (κ3) is 5.96. The maximum absolute atomic E-state index is 12.3. The average Bonchev–Trinajstić information content (AvgIpc) is 2.62. The summed E-state index contributed by atoms with van der Waals surface area (Å²) in [6.45, 7) is 5.17. The molecule has 1 fully saturated rings. The van der Waals surface area contributed by atoms with Crippen molar-refractivity contribution in [2.24, 2.45) is 0 Å². The summed E-state index contributed by atoms with van der Waals surface area (Å²) in [5.41, 5.74) is 0. The number of aromatic hydroxyl groups is 1. The predicted octanol–water partition coefficient (Wildman–Crippen LogP) is 2.46. The van der Waals surface area contributed by atoms with Gasteiger partial charge in [0.2, 0.25) is 5.91 Å². The minimum atomic E-state index is -0.617. The van der Waals surface area contributed by atoms with Crippen LogP contribution in [0.25, 0.3) is 0 Å². The van der Waals surface area contributed by atoms with Crippen LogP contribution in [0.5, 0.6) is 11.5 Å². The van der Waals surface area contributed by atoms with E-state index in [4.69, 9.17) is 4.74 Å². The van der Waals surface area contributed by atoms with Gasteiger partial charge in [-0.3, -0.25) is 9.59 Å². The fraction of sp³-hybridized carbons (Fsp3) is 0.579. The summed E-state index contributed by atoms with van der Waals surface area (Å²) >= 11 is 0. The summed E-state index contributed by atoms with van der Waals surface area (Å²) in [7, 11) is 0. The van der Waals surface area contributed by atoms with Gasteiger partial charge in [-0.15, -0.1) is 0 Å². The summed E-state index contributed by atoms with van der Waals surface area (Å²) in [6.07, 6.45) is 3.50. The molecule has 138 valence electrons. The van der Waals surface area contributed by atoms with Gasteiger partial charge in [-0.05, 0) is 50.5 Å². The Kier molecular flexibility index (Phi) is 7.10. The molecule has 25 heavy (non-hydrogen) atoms. The molecule has 6 nitrogen and oxygen atoms in total. The SMILES string of the molecule is CCCCC(=O)N1CCC(NC(=O)C(C)Oc2ccc(O)cc2)CC1. The van der Waals surface area contributed by atoms with Crippen LogP contribution in [0.4, 0.5) is 0 Å². The Bertz CT molecular complexity index is 565. The molecule has 1 aliphatic heterocycles. The van der Waals surface area contributed by atoms with Crippen molar-refractivity contribution in [2.75, 3.05) is 13.1 Å². The highest BCUT2D eigenvalue weighted by Crippen LogP contribution is 2.18. The van der Waals surface area contributed by atoms with Gasteiger partial charge in [-0.25, -0.2) is 0 Å². The Morgan fingerprint density at radius 2 is 1.92 bits per heavy atom. The van der Waals surface area contributed by atoms with E-state index in [1.54, 1.807) is 19.1 Å². The molecular formula is C19H28N2O4. The number of phenolic OH excluding ortho intramolecular Hbond substituents is 1. The number of carbonyl (C=O) groups excluding carboxylic acids is 2. The lowest BCUT2D eigenvalue weighted by molar-refractivity contribution is -0.132. The van der Waals surface area contributed by atoms with Crippen LogP contribution < -0.4 is 10.1 Å². The molecule has 0 aliphatic carbocycles. The third-order valence-corrected chi connectivity index (χ3v) is 4.46. The van der Waals surface area contributed by atoms with E-state index in [1.165, 1.54) is 12.1 Å². The second-order valence-corrected chi connectivity index (χ2v) is 6.52. The number of amides is 2. The lowest BCUT2D eigenvalue weighted by Gasteiger charge is -2.33. The maximum atomic E-state index is 12.3. The number of hydrogen-bond acceptors (Lipinski definition) is 4. The van der Waals surface area contributed by atoms with E-state index in [2.05, 4.69) is 12.2 Å². The molecule has 2 amide bonds. The zero-order chi connectivity index (χ0) is 18.2. The number of rotatable bonds is 7. The van der Waals surface area contributed by atoms with E-state index in [0.29, 0.717) is 25.3 Å². The number of nitrogens with zero attached hydrogens (tertiary/aromatic N) is 1. The number of nitrogens with one attached hydrogen (secondary N) is 1. The van der Waals surface area contributed by atoms with Crippen molar-refractivity contribution in [3.05, 3.63) is 24.3 Å². The Balaban J connectivity index is 1.74. The smallest absolute Gasteiger partial charge is 0.260 e. The molecule has 1 aromatic rings. The van der Waals surface area contributed by atoms with Gasteiger partial charge in [-0.1, -0.05) is 13.3 Å². The number of carbonyl (C=O) groups is 2. The van der Waals surface area contributed by atoms with E-state index in [9.17, 15) is 14.7 Å². The molecule has 6 heteroatoms. The zero-order valence-corrected chi connectivity index (χ0v) is 15.0. The first-order chi connectivity index (χ1) is 12.0. The number of ether oxygens (including phenoxy) is 1. The number of likely N-dealkylation sites (tertiary alicyclic amines) is 1. The first-order valence-electron chi connectivity index (χ1n) is 9.03. The zero-order valence-electron chi connectivity index (χ0n) is 15.0. The third-order valence-electron chi connectivity index (χ3n) is 4.46. The summed E-state index contributed by atoms with van der Waals surface area (Å²) in [6, 6.07) is 6.36. The van der Waals surface area contributed by atoms with Crippen LogP contribution in [-0.4, -0.2) is 47.1 Å². The van der Waals surface area contributed by atoms with Crippen molar-refractivity contribution in [1.29, 1.82) is 0 Å². The molecule has 1 heterocycles. The molecule has 0 bridgehead atoms. The largest absolute Gasteiger partial charge is 0.508 e. The fourth-order valence-corrected chi connectivity index (χ4v) is 2.86. The molecule has 2 rings (SSSR count). The highest BCUT2D eigenvalue weighted by atomic mass is 16.5. The van der Waals surface area contributed by atoms with E-state index in [0.717, 1.165) is 25.7 Å². The van der Waals surface area contributed by atoms with E-state index in [-0.39, 0.29) is 23.6 Å². The fourth-order valence-electron chi connectivity index (χ4n) is 2.86. The first-order valence-corrected chi connectivity index (χ1v) is 9.03. The molecule has 2 N–H and O–H groups in total. The number of unbranched alkanes of at least 4 members (excludes halogenated alkanes) is 1. The summed E-state index contributed by atoms with van der Waals surface area (Å²) in [4.78, 5) is 26.2. The van der Waals surface area contributed by atoms with Crippen LogP contribution in [0.15, 0.2) is 24.3 Å². The first kappa shape index (κ1) is 19.1. The Labute approximate surface area is 149 Å². The van der Waals surface area contributed by atoms with Crippen molar-refractivity contribution in [1.82, 2.24) is 10.2 Å². The molecule has 1 aliphatic rings. The minimum Gasteiger partial charge on any atom is -0.508 e. The van der Waals surface area contributed by atoms with Gasteiger partial charge in [-0.2, -0.15) is 0 Å². The van der Waals surface area contributed by atoms with Gasteiger partial charge in [0.05, 0.1) is 0 Å². The van der Waals surface area contributed by atoms with Gasteiger partial charge < -0.3 is 20.1 Å². The normalized spacial score (nSPS) is 16.3. The molecule has 1 aromatic carbocycles. The molecule has 1 saturated heterocycles. The number of piperidine rings is 1. The lowest BCUT2D eigenvalue weighted by atomic mass is 10.0. The number of hydrogen-bond donors (Lipinski definition) is 2. The van der Waals surface area contributed by atoms with Crippen molar-refractivity contribution >= 4 is 11.8 Å². The highest BCUT2D eigenvalue weighted by Gasteiger charge is 2.25. The van der Waals surface area contributed by atoms with Gasteiger partial charge in [0, 0.05) is 25.6 Å². The molecule has 0 aromatic heterocycles. The van der Waals surface area contributed by atoms with Gasteiger partial charge in [0.1, 0.15) is 11.5 Å². The molecule has 0 spiro atoms. The van der Waals surface area contributed by atoms with E-state index < -0.39 is 6.10 Å². The van der Waals surface area contributed by atoms with Gasteiger partial charge >= 0.3 is 0 Å². The van der Waals surface area contributed by atoms with Crippen LogP contribution in [-0.2, 0) is 9.59 Å². The molecular weight excluding hydrogens is 320 g/mol. The molecule has 0 saturated carbocycles. The summed E-state index contributed by atoms with van der Waals surface area (Å²) < 4.78 is 5.59. The summed E-state index contributed by atoms with van der Waals surface area (Å²) in [5.74, 6) is 0.751. The highest BCUT2D eigenvalue weighted by molar-refractivity contribution is 5.81. The van der Waals surface area contributed by atoms with E-state index in [1.807, 2.05) is 4.90 Å². The van der Waals surface area contributed by atoms with Crippen molar-refractivity contribution in [3.63, 3.8) is 0 Å². The number of benzene rings is 1. The van der Waals surface area contributed by atoms with Crippen molar-refractivity contribution in [3.8, 4) is 11.5 Å². The van der Waals surface area contributed by atoms with Crippen molar-refractivity contribution in [2.45, 2.75) is 58.1 Å². The molecule has 0 radical (unpaired) electrons. The Morgan fingerprint density at radius 1 is 1.28 bits per heavy atom. The van der Waals surface area contributed by atoms with Crippen LogP contribution >= 0.6 is 0 Å². The average molecular weight is 348 g/mol. The van der Waals surface area contributed by atoms with Gasteiger partial charge in [0.25, 0.3) is 5.91 Å². The minimum absolute atomic E-state index is 0.0774. The Morgan fingerprint density at radius 3 is 2.52 bits per heavy atom.